The summed E-state index contributed by atoms with van der Waals surface area (Å²) in [6.07, 6.45) is 2.30. The van der Waals surface area contributed by atoms with E-state index in [0.717, 1.165) is 5.56 Å². The van der Waals surface area contributed by atoms with Crippen molar-refractivity contribution < 1.29 is 0 Å². The molecule has 31 heavy (non-hydrogen) atoms. The Labute approximate surface area is 179 Å². The van der Waals surface area contributed by atoms with Gasteiger partial charge in [-0.25, -0.2) is 14.3 Å². The lowest BCUT2D eigenvalue weighted by molar-refractivity contribution is 0.491. The lowest BCUT2D eigenvalue weighted by Gasteiger charge is -2.13. The molecule has 0 amide bonds. The van der Waals surface area contributed by atoms with Crippen molar-refractivity contribution in [2.45, 2.75) is 33.4 Å². The van der Waals surface area contributed by atoms with Gasteiger partial charge in [0.25, 0.3) is 5.56 Å². The van der Waals surface area contributed by atoms with Gasteiger partial charge < -0.3 is 4.57 Å². The summed E-state index contributed by atoms with van der Waals surface area (Å²) in [6, 6.07) is 18.6. The van der Waals surface area contributed by atoms with Crippen molar-refractivity contribution in [1.82, 2.24) is 18.7 Å². The van der Waals surface area contributed by atoms with Gasteiger partial charge in [-0.15, -0.1) is 0 Å². The van der Waals surface area contributed by atoms with Gasteiger partial charge in [-0.1, -0.05) is 44.2 Å². The largest absolute Gasteiger partial charge is 0.337 e. The highest BCUT2D eigenvalue weighted by Crippen LogP contribution is 2.15. The number of fused-ring (bicyclic) bond motifs is 1. The summed E-state index contributed by atoms with van der Waals surface area (Å²) >= 11 is 0. The van der Waals surface area contributed by atoms with Gasteiger partial charge in [0.05, 0.1) is 23.6 Å². The Balaban J connectivity index is 1.94. The number of benzene rings is 2. The first-order valence-corrected chi connectivity index (χ1v) is 10.2. The van der Waals surface area contributed by atoms with Crippen LogP contribution in [0.1, 0.15) is 31.4 Å². The highest BCUT2D eigenvalue weighted by atomic mass is 16.2. The molecular formula is C24H23N5O2. The van der Waals surface area contributed by atoms with Gasteiger partial charge in [0.15, 0.2) is 11.2 Å². The predicted octanol–water partition coefficient (Wildman–Crippen LogP) is 3.31. The van der Waals surface area contributed by atoms with Crippen LogP contribution in [0.2, 0.25) is 0 Å². The van der Waals surface area contributed by atoms with E-state index >= 15 is 0 Å². The molecule has 0 N–H and O–H groups in total. The van der Waals surface area contributed by atoms with Crippen LogP contribution in [0.25, 0.3) is 16.9 Å². The summed E-state index contributed by atoms with van der Waals surface area (Å²) in [4.78, 5) is 31.1. The van der Waals surface area contributed by atoms with Crippen LogP contribution in [0.3, 0.4) is 0 Å². The first kappa shape index (κ1) is 20.4. The quantitative estimate of drug-likeness (QED) is 0.485. The van der Waals surface area contributed by atoms with E-state index in [1.165, 1.54) is 9.13 Å². The normalized spacial score (nSPS) is 11.2. The molecule has 0 saturated carbocycles. The van der Waals surface area contributed by atoms with Crippen molar-refractivity contribution >= 4 is 11.2 Å². The van der Waals surface area contributed by atoms with Crippen LogP contribution in [-0.4, -0.2) is 18.7 Å². The highest BCUT2D eigenvalue weighted by Gasteiger charge is 2.19. The van der Waals surface area contributed by atoms with E-state index < -0.39 is 0 Å². The molecule has 4 aromatic rings. The van der Waals surface area contributed by atoms with Gasteiger partial charge in [-0.3, -0.25) is 9.36 Å². The number of para-hydroxylation sites is 1. The minimum Gasteiger partial charge on any atom is -0.320 e. The molecule has 0 atom stereocenters. The second-order valence-corrected chi connectivity index (χ2v) is 7.95. The van der Waals surface area contributed by atoms with Crippen LogP contribution in [0.15, 0.2) is 70.5 Å². The van der Waals surface area contributed by atoms with Crippen molar-refractivity contribution in [3.63, 3.8) is 0 Å². The third-order valence-corrected chi connectivity index (χ3v) is 5.25. The fraction of sp³-hybridized carbons (Fsp3) is 0.250. The number of nitriles is 1. The summed E-state index contributed by atoms with van der Waals surface area (Å²) in [5.74, 6) is 0.353. The average Bonchev–Trinajstić information content (AvgIpc) is 3.17. The van der Waals surface area contributed by atoms with E-state index in [1.807, 2.05) is 42.5 Å². The molecule has 4 rings (SSSR count). The number of aromatic nitrogens is 4. The topological polar surface area (TPSA) is 85.6 Å². The zero-order valence-corrected chi connectivity index (χ0v) is 17.5. The summed E-state index contributed by atoms with van der Waals surface area (Å²) in [6.45, 7) is 4.84. The standard InChI is InChI=1S/C24H23N5O2/c1-17(2)11-12-28-23(30)21-22(29(24(28)31)20-9-4-3-5-10-20)26-16-27(21)15-19-8-6-7-18(13-19)14-25/h3-10,13,16-17H,11-12,15H2,1-2H3. The second-order valence-electron chi connectivity index (χ2n) is 7.95. The van der Waals surface area contributed by atoms with E-state index in [0.29, 0.717) is 47.8 Å². The third-order valence-electron chi connectivity index (χ3n) is 5.25. The third kappa shape index (κ3) is 3.92. The zero-order valence-electron chi connectivity index (χ0n) is 17.5. The Morgan fingerprint density at radius 2 is 1.84 bits per heavy atom. The van der Waals surface area contributed by atoms with Gasteiger partial charge in [0, 0.05) is 13.1 Å². The lowest BCUT2D eigenvalue weighted by Crippen LogP contribution is -2.40. The van der Waals surface area contributed by atoms with E-state index in [2.05, 4.69) is 24.9 Å². The molecule has 0 spiro atoms. The molecule has 2 heterocycles. The summed E-state index contributed by atoms with van der Waals surface area (Å²) < 4.78 is 4.55. The molecular weight excluding hydrogens is 390 g/mol. The number of imidazole rings is 1. The Bertz CT molecular complexity index is 1390. The number of hydrogen-bond donors (Lipinski definition) is 0. The Hall–Kier alpha value is -3.92. The summed E-state index contributed by atoms with van der Waals surface area (Å²) in [5.41, 5.74) is 2.06. The van der Waals surface area contributed by atoms with Crippen LogP contribution < -0.4 is 11.2 Å². The van der Waals surface area contributed by atoms with Gasteiger partial charge in [0.2, 0.25) is 0 Å². The molecule has 0 aliphatic heterocycles. The summed E-state index contributed by atoms with van der Waals surface area (Å²) in [5, 5.41) is 9.18. The van der Waals surface area contributed by atoms with Crippen molar-refractivity contribution in [3.8, 4) is 11.8 Å². The maximum atomic E-state index is 13.4. The molecule has 0 radical (unpaired) electrons. The Morgan fingerprint density at radius 1 is 1.06 bits per heavy atom. The number of nitrogens with zero attached hydrogens (tertiary/aromatic N) is 5. The molecule has 0 bridgehead atoms. The lowest BCUT2D eigenvalue weighted by atomic mass is 10.1. The van der Waals surface area contributed by atoms with Gasteiger partial charge in [-0.2, -0.15) is 5.26 Å². The van der Waals surface area contributed by atoms with Crippen molar-refractivity contribution in [1.29, 1.82) is 5.26 Å². The zero-order chi connectivity index (χ0) is 22.0. The summed E-state index contributed by atoms with van der Waals surface area (Å²) in [7, 11) is 0. The van der Waals surface area contributed by atoms with E-state index in [9.17, 15) is 14.9 Å². The monoisotopic (exact) mass is 413 g/mol. The minimum atomic E-state index is -0.388. The molecule has 0 fully saturated rings. The van der Waals surface area contributed by atoms with Gasteiger partial charge in [0.1, 0.15) is 0 Å². The second kappa shape index (κ2) is 8.44. The molecule has 2 aromatic heterocycles. The smallest absolute Gasteiger partial charge is 0.320 e. The first-order valence-electron chi connectivity index (χ1n) is 10.2. The van der Waals surface area contributed by atoms with Crippen LogP contribution in [0, 0.1) is 17.2 Å². The van der Waals surface area contributed by atoms with Gasteiger partial charge >= 0.3 is 5.69 Å². The fourth-order valence-electron chi connectivity index (χ4n) is 3.63. The highest BCUT2D eigenvalue weighted by molar-refractivity contribution is 5.72. The number of hydrogen-bond acceptors (Lipinski definition) is 4. The molecule has 0 aliphatic rings. The molecule has 0 unspecified atom stereocenters. The SMILES string of the molecule is CC(C)CCn1c(=O)c2c(ncn2Cc2cccc(C#N)c2)n(-c2ccccc2)c1=O. The average molecular weight is 413 g/mol. The van der Waals surface area contributed by atoms with E-state index in [1.54, 1.807) is 23.0 Å². The van der Waals surface area contributed by atoms with Crippen molar-refractivity contribution in [2.75, 3.05) is 0 Å². The van der Waals surface area contributed by atoms with Gasteiger partial charge in [-0.05, 0) is 42.2 Å². The molecule has 7 heteroatoms. The van der Waals surface area contributed by atoms with Crippen molar-refractivity contribution in [3.05, 3.63) is 92.9 Å². The van der Waals surface area contributed by atoms with Crippen LogP contribution in [0.4, 0.5) is 0 Å². The van der Waals surface area contributed by atoms with Crippen molar-refractivity contribution in [2.24, 2.45) is 5.92 Å². The number of rotatable bonds is 6. The maximum absolute atomic E-state index is 13.4. The Morgan fingerprint density at radius 3 is 2.55 bits per heavy atom. The minimum absolute atomic E-state index is 0.332. The fourth-order valence-corrected chi connectivity index (χ4v) is 3.63. The van der Waals surface area contributed by atoms with Crippen LogP contribution in [-0.2, 0) is 13.1 Å². The van der Waals surface area contributed by atoms with E-state index in [-0.39, 0.29) is 11.2 Å². The first-order chi connectivity index (χ1) is 15.0. The molecule has 2 aromatic carbocycles. The molecule has 0 saturated heterocycles. The maximum Gasteiger partial charge on any atom is 0.337 e. The van der Waals surface area contributed by atoms with E-state index in [4.69, 9.17) is 0 Å². The predicted molar refractivity (Wildman–Crippen MR) is 119 cm³/mol. The molecule has 7 nitrogen and oxygen atoms in total. The molecule has 0 aliphatic carbocycles. The Kier molecular flexibility index (Phi) is 5.54. The molecule has 156 valence electrons. The van der Waals surface area contributed by atoms with Crippen LogP contribution >= 0.6 is 0 Å². The van der Waals surface area contributed by atoms with Crippen LogP contribution in [0.5, 0.6) is 0 Å².